The maximum Gasteiger partial charge on any atom is 0.243 e. The molecule has 1 heterocycles. The van der Waals surface area contributed by atoms with E-state index in [1.165, 1.54) is 9.87 Å². The lowest BCUT2D eigenvalue weighted by molar-refractivity contribution is -0.126. The lowest BCUT2D eigenvalue weighted by Crippen LogP contribution is -2.43. The van der Waals surface area contributed by atoms with Gasteiger partial charge in [-0.15, -0.1) is 0 Å². The number of piperidine rings is 1. The second kappa shape index (κ2) is 11.4. The Kier molecular flexibility index (Phi) is 8.27. The van der Waals surface area contributed by atoms with Crippen LogP contribution in [-0.2, 0) is 34.1 Å². The van der Waals surface area contributed by atoms with E-state index < -0.39 is 10.0 Å². The molecular weight excluding hydrogens is 448 g/mol. The van der Waals surface area contributed by atoms with Gasteiger partial charge in [-0.1, -0.05) is 31.5 Å². The van der Waals surface area contributed by atoms with Gasteiger partial charge in [0.2, 0.25) is 15.9 Å². The van der Waals surface area contributed by atoms with Crippen LogP contribution in [0.1, 0.15) is 55.7 Å². The van der Waals surface area contributed by atoms with Gasteiger partial charge in [0.1, 0.15) is 5.75 Å². The molecule has 2 aromatic rings. The number of amides is 1. The van der Waals surface area contributed by atoms with Gasteiger partial charge in [-0.3, -0.25) is 4.79 Å². The molecule has 1 aliphatic heterocycles. The van der Waals surface area contributed by atoms with Crippen molar-refractivity contribution in [2.24, 2.45) is 5.92 Å². The van der Waals surface area contributed by atoms with Crippen LogP contribution >= 0.6 is 0 Å². The third kappa shape index (κ3) is 5.99. The standard InChI is InChI=1S/C27H36N2O4S/c1-2-3-19-33-25-10-7-21(8-11-25)13-16-28-27(30)23-14-17-29(18-15-23)34(31,32)26-12-9-22-5-4-6-24(22)20-26/h7-12,20,23H,2-6,13-19H2,1H3,(H,28,30). The van der Waals surface area contributed by atoms with Crippen LogP contribution in [0, 0.1) is 5.92 Å². The van der Waals surface area contributed by atoms with Gasteiger partial charge >= 0.3 is 0 Å². The molecule has 2 aliphatic rings. The minimum absolute atomic E-state index is 0.0223. The first-order valence-corrected chi connectivity index (χ1v) is 14.0. The molecule has 0 radical (unpaired) electrons. The predicted octanol–water partition coefficient (Wildman–Crippen LogP) is 4.11. The Morgan fingerprint density at radius 1 is 1.06 bits per heavy atom. The van der Waals surface area contributed by atoms with Crippen LogP contribution in [0.5, 0.6) is 5.75 Å². The fourth-order valence-corrected chi connectivity index (χ4v) is 6.30. The molecule has 184 valence electrons. The third-order valence-electron chi connectivity index (χ3n) is 6.94. The van der Waals surface area contributed by atoms with E-state index in [1.807, 2.05) is 36.4 Å². The number of ether oxygens (including phenoxy) is 1. The minimum atomic E-state index is -3.51. The molecule has 1 aliphatic carbocycles. The van der Waals surface area contributed by atoms with Crippen LogP contribution in [-0.4, -0.2) is 44.9 Å². The molecule has 1 N–H and O–H groups in total. The molecule has 0 unspecified atom stereocenters. The smallest absolute Gasteiger partial charge is 0.243 e. The molecule has 1 amide bonds. The summed E-state index contributed by atoms with van der Waals surface area (Å²) in [5.41, 5.74) is 3.58. The van der Waals surface area contributed by atoms with Crippen LogP contribution < -0.4 is 10.1 Å². The van der Waals surface area contributed by atoms with Crippen LogP contribution in [0.3, 0.4) is 0 Å². The second-order valence-electron chi connectivity index (χ2n) is 9.35. The van der Waals surface area contributed by atoms with E-state index in [-0.39, 0.29) is 11.8 Å². The summed E-state index contributed by atoms with van der Waals surface area (Å²) in [6.07, 6.45) is 7.12. The normalized spacial score (nSPS) is 16.9. The first-order valence-electron chi connectivity index (χ1n) is 12.6. The monoisotopic (exact) mass is 484 g/mol. The molecule has 0 bridgehead atoms. The highest BCUT2D eigenvalue weighted by molar-refractivity contribution is 7.89. The van der Waals surface area contributed by atoms with E-state index in [9.17, 15) is 13.2 Å². The van der Waals surface area contributed by atoms with Crippen molar-refractivity contribution in [3.05, 3.63) is 59.2 Å². The number of nitrogens with zero attached hydrogens (tertiary/aromatic N) is 1. The number of unbranched alkanes of at least 4 members (excludes halogenated alkanes) is 1. The van der Waals surface area contributed by atoms with Gasteiger partial charge in [-0.2, -0.15) is 4.31 Å². The Morgan fingerprint density at radius 3 is 2.53 bits per heavy atom. The topological polar surface area (TPSA) is 75.7 Å². The molecule has 34 heavy (non-hydrogen) atoms. The third-order valence-corrected chi connectivity index (χ3v) is 8.83. The van der Waals surface area contributed by atoms with Crippen LogP contribution in [0.25, 0.3) is 0 Å². The van der Waals surface area contributed by atoms with E-state index >= 15 is 0 Å². The molecule has 1 fully saturated rings. The van der Waals surface area contributed by atoms with Crippen LogP contribution in [0.15, 0.2) is 47.4 Å². The molecule has 0 saturated carbocycles. The lowest BCUT2D eigenvalue weighted by Gasteiger charge is -2.30. The van der Waals surface area contributed by atoms with E-state index in [4.69, 9.17) is 4.74 Å². The molecule has 0 spiro atoms. The zero-order valence-corrected chi connectivity index (χ0v) is 20.9. The molecule has 2 aromatic carbocycles. The summed E-state index contributed by atoms with van der Waals surface area (Å²) in [6.45, 7) is 4.22. The number of carbonyl (C=O) groups is 1. The van der Waals surface area contributed by atoms with Gasteiger partial charge in [0.15, 0.2) is 0 Å². The van der Waals surface area contributed by atoms with Crippen molar-refractivity contribution in [3.8, 4) is 5.75 Å². The Morgan fingerprint density at radius 2 is 1.79 bits per heavy atom. The zero-order chi connectivity index (χ0) is 24.0. The van der Waals surface area contributed by atoms with Gasteiger partial charge in [-0.25, -0.2) is 8.42 Å². The van der Waals surface area contributed by atoms with Crippen LogP contribution in [0.2, 0.25) is 0 Å². The van der Waals surface area contributed by atoms with Gasteiger partial charge in [-0.05, 0) is 85.9 Å². The highest BCUT2D eigenvalue weighted by Gasteiger charge is 2.32. The molecule has 4 rings (SSSR count). The number of benzene rings is 2. The van der Waals surface area contributed by atoms with Gasteiger partial charge in [0.05, 0.1) is 11.5 Å². The molecule has 0 aromatic heterocycles. The van der Waals surface area contributed by atoms with Gasteiger partial charge in [0, 0.05) is 25.6 Å². The largest absolute Gasteiger partial charge is 0.494 e. The van der Waals surface area contributed by atoms with Crippen molar-refractivity contribution >= 4 is 15.9 Å². The van der Waals surface area contributed by atoms with Gasteiger partial charge in [0.25, 0.3) is 0 Å². The van der Waals surface area contributed by atoms with Crippen LogP contribution in [0.4, 0.5) is 0 Å². The fraction of sp³-hybridized carbons (Fsp3) is 0.519. The highest BCUT2D eigenvalue weighted by atomic mass is 32.2. The molecule has 1 saturated heterocycles. The lowest BCUT2D eigenvalue weighted by atomic mass is 9.97. The number of hydrogen-bond acceptors (Lipinski definition) is 4. The second-order valence-corrected chi connectivity index (χ2v) is 11.3. The Balaban J connectivity index is 1.21. The predicted molar refractivity (Wildman–Crippen MR) is 134 cm³/mol. The van der Waals surface area contributed by atoms with Crippen molar-refractivity contribution in [2.75, 3.05) is 26.2 Å². The van der Waals surface area contributed by atoms with E-state index in [0.717, 1.165) is 62.0 Å². The number of nitrogens with one attached hydrogen (secondary N) is 1. The van der Waals surface area contributed by atoms with E-state index in [1.54, 1.807) is 6.07 Å². The number of rotatable bonds is 10. The zero-order valence-electron chi connectivity index (χ0n) is 20.1. The fourth-order valence-electron chi connectivity index (χ4n) is 4.78. The quantitative estimate of drug-likeness (QED) is 0.515. The number of aryl methyl sites for hydroxylation is 2. The molecular formula is C27H36N2O4S. The number of fused-ring (bicyclic) bond motifs is 1. The highest BCUT2D eigenvalue weighted by Crippen LogP contribution is 2.28. The summed E-state index contributed by atoms with van der Waals surface area (Å²) in [5, 5.41) is 3.03. The van der Waals surface area contributed by atoms with Crippen molar-refractivity contribution in [2.45, 2.75) is 63.2 Å². The summed E-state index contributed by atoms with van der Waals surface area (Å²) in [6, 6.07) is 13.6. The Hall–Kier alpha value is -2.38. The minimum Gasteiger partial charge on any atom is -0.494 e. The van der Waals surface area contributed by atoms with Crippen molar-refractivity contribution in [1.29, 1.82) is 0 Å². The van der Waals surface area contributed by atoms with E-state index in [0.29, 0.717) is 37.4 Å². The summed E-state index contributed by atoms with van der Waals surface area (Å²) >= 11 is 0. The average molecular weight is 485 g/mol. The van der Waals surface area contributed by atoms with Gasteiger partial charge < -0.3 is 10.1 Å². The SMILES string of the molecule is CCCCOc1ccc(CCNC(=O)C2CCN(S(=O)(=O)c3ccc4c(c3)CCC4)CC2)cc1. The number of hydrogen-bond donors (Lipinski definition) is 1. The first kappa shape index (κ1) is 24.7. The summed E-state index contributed by atoms with van der Waals surface area (Å²) in [5.74, 6) is 0.762. The summed E-state index contributed by atoms with van der Waals surface area (Å²) in [4.78, 5) is 13.0. The number of carbonyl (C=O) groups excluding carboxylic acids is 1. The first-order chi connectivity index (χ1) is 16.5. The number of sulfonamides is 1. The Labute approximate surface area is 203 Å². The average Bonchev–Trinajstić information content (AvgIpc) is 3.33. The maximum atomic E-state index is 13.1. The van der Waals surface area contributed by atoms with E-state index in [2.05, 4.69) is 12.2 Å². The van der Waals surface area contributed by atoms with Crippen molar-refractivity contribution in [3.63, 3.8) is 0 Å². The Bertz CT molecular complexity index is 1070. The maximum absolute atomic E-state index is 13.1. The summed E-state index contributed by atoms with van der Waals surface area (Å²) < 4.78 is 33.4. The summed E-state index contributed by atoms with van der Waals surface area (Å²) in [7, 11) is -3.51. The van der Waals surface area contributed by atoms with Crippen molar-refractivity contribution < 1.29 is 17.9 Å². The van der Waals surface area contributed by atoms with Crippen molar-refractivity contribution in [1.82, 2.24) is 9.62 Å². The molecule has 7 heteroatoms. The molecule has 0 atom stereocenters. The molecule has 6 nitrogen and oxygen atoms in total.